The first-order valence-corrected chi connectivity index (χ1v) is 5.63. The normalized spacial score (nSPS) is 12.0. The molecule has 2 N–H and O–H groups in total. The van der Waals surface area contributed by atoms with Crippen LogP contribution in [0.5, 0.6) is 0 Å². The van der Waals surface area contributed by atoms with E-state index in [0.717, 1.165) is 19.4 Å². The van der Waals surface area contributed by atoms with Crippen LogP contribution in [0.15, 0.2) is 5.38 Å². The number of aryl methyl sites for hydroxylation is 1. The molecule has 1 heterocycles. The molecular formula is C10H18N2S. The van der Waals surface area contributed by atoms with E-state index in [9.17, 15) is 0 Å². The minimum atomic E-state index is 0.146. The second-order valence-electron chi connectivity index (χ2n) is 3.92. The quantitative estimate of drug-likeness (QED) is 0.806. The molecule has 0 spiro atoms. The average molecular weight is 198 g/mol. The third-order valence-electron chi connectivity index (χ3n) is 2.26. The number of rotatable bonds is 4. The molecule has 0 radical (unpaired) electrons. The summed E-state index contributed by atoms with van der Waals surface area (Å²) in [4.78, 5) is 4.58. The Balaban J connectivity index is 2.80. The van der Waals surface area contributed by atoms with Gasteiger partial charge in [0.2, 0.25) is 0 Å². The predicted octanol–water partition coefficient (Wildman–Crippen LogP) is 2.33. The zero-order chi connectivity index (χ0) is 9.90. The van der Waals surface area contributed by atoms with Crippen LogP contribution in [-0.2, 0) is 11.8 Å². The lowest BCUT2D eigenvalue weighted by atomic mass is 9.90. The molecule has 0 aliphatic rings. The van der Waals surface area contributed by atoms with E-state index < -0.39 is 0 Å². The van der Waals surface area contributed by atoms with Gasteiger partial charge in [0.15, 0.2) is 0 Å². The standard InChI is InChI=1S/C10H18N2S/c1-4-8-7-13-9(12-8)10(2,3)5-6-11/h7H,4-6,11H2,1-3H3. The molecule has 0 atom stereocenters. The summed E-state index contributed by atoms with van der Waals surface area (Å²) in [5.74, 6) is 0. The molecule has 74 valence electrons. The van der Waals surface area contributed by atoms with E-state index in [-0.39, 0.29) is 5.41 Å². The van der Waals surface area contributed by atoms with Gasteiger partial charge in [0, 0.05) is 10.8 Å². The highest BCUT2D eigenvalue weighted by Crippen LogP contribution is 2.29. The predicted molar refractivity (Wildman–Crippen MR) is 58.2 cm³/mol. The summed E-state index contributed by atoms with van der Waals surface area (Å²) in [7, 11) is 0. The summed E-state index contributed by atoms with van der Waals surface area (Å²) >= 11 is 1.75. The van der Waals surface area contributed by atoms with Gasteiger partial charge in [-0.3, -0.25) is 0 Å². The Labute approximate surface area is 84.2 Å². The average Bonchev–Trinajstić information content (AvgIpc) is 2.52. The highest BCUT2D eigenvalue weighted by atomic mass is 32.1. The Morgan fingerprint density at radius 3 is 2.69 bits per heavy atom. The van der Waals surface area contributed by atoms with Crippen molar-refractivity contribution in [2.45, 2.75) is 39.0 Å². The molecule has 3 heteroatoms. The maximum absolute atomic E-state index is 5.57. The molecule has 0 aliphatic carbocycles. The van der Waals surface area contributed by atoms with E-state index in [2.05, 4.69) is 31.1 Å². The second kappa shape index (κ2) is 4.20. The van der Waals surface area contributed by atoms with Gasteiger partial charge < -0.3 is 5.73 Å². The van der Waals surface area contributed by atoms with E-state index in [1.165, 1.54) is 10.7 Å². The van der Waals surface area contributed by atoms with Crippen LogP contribution in [0.1, 0.15) is 37.9 Å². The van der Waals surface area contributed by atoms with Crippen LogP contribution in [-0.4, -0.2) is 11.5 Å². The Hall–Kier alpha value is -0.410. The van der Waals surface area contributed by atoms with Crippen LogP contribution in [0.4, 0.5) is 0 Å². The van der Waals surface area contributed by atoms with Crippen molar-refractivity contribution in [3.05, 3.63) is 16.1 Å². The fraction of sp³-hybridized carbons (Fsp3) is 0.700. The number of thiazole rings is 1. The van der Waals surface area contributed by atoms with Gasteiger partial charge in [0.25, 0.3) is 0 Å². The van der Waals surface area contributed by atoms with E-state index in [0.29, 0.717) is 0 Å². The van der Waals surface area contributed by atoms with Crippen LogP contribution in [0, 0.1) is 0 Å². The summed E-state index contributed by atoms with van der Waals surface area (Å²) in [5.41, 5.74) is 6.91. The van der Waals surface area contributed by atoms with Crippen LogP contribution in [0.2, 0.25) is 0 Å². The summed E-state index contributed by atoms with van der Waals surface area (Å²) < 4.78 is 0. The van der Waals surface area contributed by atoms with Gasteiger partial charge in [-0.2, -0.15) is 0 Å². The van der Waals surface area contributed by atoms with Crippen molar-refractivity contribution in [3.63, 3.8) is 0 Å². The number of hydrogen-bond donors (Lipinski definition) is 1. The molecule has 0 bridgehead atoms. The van der Waals surface area contributed by atoms with E-state index in [4.69, 9.17) is 5.73 Å². The molecule has 1 aromatic rings. The van der Waals surface area contributed by atoms with Gasteiger partial charge in [-0.1, -0.05) is 20.8 Å². The summed E-state index contributed by atoms with van der Waals surface area (Å²) in [6.07, 6.45) is 2.03. The first-order valence-electron chi connectivity index (χ1n) is 4.75. The largest absolute Gasteiger partial charge is 0.330 e. The fourth-order valence-corrected chi connectivity index (χ4v) is 2.31. The molecule has 0 aromatic carbocycles. The molecule has 0 aliphatic heterocycles. The molecule has 0 unspecified atom stereocenters. The van der Waals surface area contributed by atoms with E-state index >= 15 is 0 Å². The molecule has 1 aromatic heterocycles. The van der Waals surface area contributed by atoms with Gasteiger partial charge >= 0.3 is 0 Å². The minimum Gasteiger partial charge on any atom is -0.330 e. The van der Waals surface area contributed by atoms with Crippen LogP contribution in [0.25, 0.3) is 0 Å². The number of aromatic nitrogens is 1. The van der Waals surface area contributed by atoms with Crippen LogP contribution >= 0.6 is 11.3 Å². The van der Waals surface area contributed by atoms with Crippen molar-refractivity contribution < 1.29 is 0 Å². The van der Waals surface area contributed by atoms with Crippen molar-refractivity contribution in [3.8, 4) is 0 Å². The van der Waals surface area contributed by atoms with Crippen molar-refractivity contribution in [1.82, 2.24) is 4.98 Å². The molecule has 0 amide bonds. The summed E-state index contributed by atoms with van der Waals surface area (Å²) in [5, 5.41) is 3.36. The third-order valence-corrected chi connectivity index (χ3v) is 3.52. The first kappa shape index (κ1) is 10.7. The monoisotopic (exact) mass is 198 g/mol. The first-order chi connectivity index (χ1) is 6.10. The number of hydrogen-bond acceptors (Lipinski definition) is 3. The zero-order valence-electron chi connectivity index (χ0n) is 8.63. The molecule has 1 rings (SSSR count). The van der Waals surface area contributed by atoms with Gasteiger partial charge in [0.05, 0.1) is 10.7 Å². The highest BCUT2D eigenvalue weighted by molar-refractivity contribution is 7.09. The Morgan fingerprint density at radius 2 is 2.23 bits per heavy atom. The molecule has 13 heavy (non-hydrogen) atoms. The lowest BCUT2D eigenvalue weighted by Gasteiger charge is -2.20. The van der Waals surface area contributed by atoms with Crippen LogP contribution < -0.4 is 5.73 Å². The van der Waals surface area contributed by atoms with Crippen LogP contribution in [0.3, 0.4) is 0 Å². The molecule has 2 nitrogen and oxygen atoms in total. The fourth-order valence-electron chi connectivity index (χ4n) is 1.25. The summed E-state index contributed by atoms with van der Waals surface area (Å²) in [6, 6.07) is 0. The topological polar surface area (TPSA) is 38.9 Å². The Kier molecular flexibility index (Phi) is 3.45. The number of nitrogens with two attached hydrogens (primary N) is 1. The smallest absolute Gasteiger partial charge is 0.0985 e. The van der Waals surface area contributed by atoms with Crippen molar-refractivity contribution in [2.75, 3.05) is 6.54 Å². The van der Waals surface area contributed by atoms with Crippen molar-refractivity contribution in [2.24, 2.45) is 5.73 Å². The van der Waals surface area contributed by atoms with E-state index in [1.807, 2.05) is 0 Å². The third kappa shape index (κ3) is 2.51. The molecule has 0 fully saturated rings. The van der Waals surface area contributed by atoms with Gasteiger partial charge in [-0.05, 0) is 19.4 Å². The second-order valence-corrected chi connectivity index (χ2v) is 4.78. The van der Waals surface area contributed by atoms with E-state index in [1.54, 1.807) is 11.3 Å². The lowest BCUT2D eigenvalue weighted by Crippen LogP contribution is -2.21. The Morgan fingerprint density at radius 1 is 1.54 bits per heavy atom. The molecule has 0 saturated carbocycles. The van der Waals surface area contributed by atoms with Gasteiger partial charge in [-0.25, -0.2) is 4.98 Å². The maximum atomic E-state index is 5.57. The van der Waals surface area contributed by atoms with Crippen molar-refractivity contribution >= 4 is 11.3 Å². The van der Waals surface area contributed by atoms with Gasteiger partial charge in [-0.15, -0.1) is 11.3 Å². The highest BCUT2D eigenvalue weighted by Gasteiger charge is 2.22. The van der Waals surface area contributed by atoms with Gasteiger partial charge in [0.1, 0.15) is 0 Å². The van der Waals surface area contributed by atoms with Crippen molar-refractivity contribution in [1.29, 1.82) is 0 Å². The lowest BCUT2D eigenvalue weighted by molar-refractivity contribution is 0.484. The maximum Gasteiger partial charge on any atom is 0.0985 e. The molecular weight excluding hydrogens is 180 g/mol. The number of nitrogens with zero attached hydrogens (tertiary/aromatic N) is 1. The molecule has 0 saturated heterocycles. The minimum absolute atomic E-state index is 0.146. The SMILES string of the molecule is CCc1csc(C(C)(C)CCN)n1. The Bertz CT molecular complexity index is 266. The summed E-state index contributed by atoms with van der Waals surface area (Å²) in [6.45, 7) is 7.28. The zero-order valence-corrected chi connectivity index (χ0v) is 9.45.